The molecule has 1 heterocycles. The Bertz CT molecular complexity index is 695. The third kappa shape index (κ3) is 2.52. The monoisotopic (exact) mass is 399 g/mol. The summed E-state index contributed by atoms with van der Waals surface area (Å²) < 4.78 is 16.2. The molecule has 0 amide bonds. The number of benzene rings is 1. The quantitative estimate of drug-likeness (QED) is 0.586. The first kappa shape index (κ1) is 14.4. The molecule has 0 radical (unpaired) electrons. The highest BCUT2D eigenvalue weighted by Gasteiger charge is 2.30. The topological polar surface area (TPSA) is 61.6 Å². The van der Waals surface area contributed by atoms with E-state index in [0.717, 1.165) is 18.4 Å². The molecule has 6 heteroatoms. The number of halogens is 1. The van der Waals surface area contributed by atoms with Crippen LogP contribution in [0.4, 0.5) is 0 Å². The Balaban J connectivity index is 2.02. The van der Waals surface area contributed by atoms with Crippen LogP contribution in [0.2, 0.25) is 0 Å². The maximum absolute atomic E-state index is 12.1. The highest BCUT2D eigenvalue weighted by molar-refractivity contribution is 14.1. The second-order valence-corrected chi connectivity index (χ2v) is 6.23. The van der Waals surface area contributed by atoms with Gasteiger partial charge in [-0.15, -0.1) is 0 Å². The van der Waals surface area contributed by atoms with Gasteiger partial charge in [0.1, 0.15) is 11.5 Å². The van der Waals surface area contributed by atoms with Gasteiger partial charge in [0.2, 0.25) is 5.89 Å². The van der Waals surface area contributed by atoms with Crippen LogP contribution in [0.25, 0.3) is 11.5 Å². The van der Waals surface area contributed by atoms with Crippen LogP contribution in [0, 0.1) is 0 Å². The van der Waals surface area contributed by atoms with Crippen molar-refractivity contribution >= 4 is 28.4 Å². The minimum atomic E-state index is -0.0153. The van der Waals surface area contributed by atoms with E-state index in [2.05, 4.69) is 27.6 Å². The van der Waals surface area contributed by atoms with E-state index in [0.29, 0.717) is 28.8 Å². The van der Waals surface area contributed by atoms with Crippen LogP contribution in [0.3, 0.4) is 0 Å². The van der Waals surface area contributed by atoms with Gasteiger partial charge in [0, 0.05) is 12.0 Å². The van der Waals surface area contributed by atoms with Gasteiger partial charge in [-0.2, -0.15) is 0 Å². The number of hydrogen-bond donors (Lipinski definition) is 0. The van der Waals surface area contributed by atoms with Gasteiger partial charge in [0.25, 0.3) is 0 Å². The molecule has 1 aliphatic rings. The largest absolute Gasteiger partial charge is 0.493 e. The molecule has 1 aliphatic carbocycles. The molecule has 1 atom stereocenters. The lowest BCUT2D eigenvalue weighted by molar-refractivity contribution is 0.0977. The number of oxazole rings is 1. The SMILES string of the molecule is COc1ccc(-c2nc3c(o2)CCC(I)C3=O)cc1OC. The van der Waals surface area contributed by atoms with Crippen molar-refractivity contribution in [2.24, 2.45) is 0 Å². The lowest BCUT2D eigenvalue weighted by atomic mass is 10.0. The molecule has 3 rings (SSSR count). The van der Waals surface area contributed by atoms with Crippen LogP contribution in [-0.4, -0.2) is 28.9 Å². The van der Waals surface area contributed by atoms with Crippen LogP contribution in [0.15, 0.2) is 22.6 Å². The van der Waals surface area contributed by atoms with Crippen LogP contribution >= 0.6 is 22.6 Å². The van der Waals surface area contributed by atoms with E-state index < -0.39 is 0 Å². The molecule has 1 aromatic carbocycles. The van der Waals surface area contributed by atoms with Gasteiger partial charge in [-0.05, 0) is 24.6 Å². The molecular weight excluding hydrogens is 385 g/mol. The molecular formula is C15H14INO4. The molecule has 1 unspecified atom stereocenters. The number of nitrogens with zero attached hydrogens (tertiary/aromatic N) is 1. The van der Waals surface area contributed by atoms with Gasteiger partial charge in [-0.3, -0.25) is 4.79 Å². The number of carbonyl (C=O) groups is 1. The third-order valence-corrected chi connectivity index (χ3v) is 4.66. The summed E-state index contributed by atoms with van der Waals surface area (Å²) in [5.74, 6) is 2.41. The maximum Gasteiger partial charge on any atom is 0.227 e. The number of aromatic nitrogens is 1. The first-order chi connectivity index (χ1) is 10.1. The summed E-state index contributed by atoms with van der Waals surface area (Å²) in [6.07, 6.45) is 1.54. The fourth-order valence-electron chi connectivity index (χ4n) is 2.34. The number of rotatable bonds is 3. The van der Waals surface area contributed by atoms with E-state index in [1.54, 1.807) is 26.4 Å². The summed E-state index contributed by atoms with van der Waals surface area (Å²) in [6, 6.07) is 5.42. The molecule has 0 spiro atoms. The van der Waals surface area contributed by atoms with E-state index in [1.165, 1.54) is 0 Å². The smallest absolute Gasteiger partial charge is 0.227 e. The predicted octanol–water partition coefficient (Wildman–Crippen LogP) is 3.29. The normalized spacial score (nSPS) is 17.5. The van der Waals surface area contributed by atoms with Gasteiger partial charge in [-0.25, -0.2) is 4.98 Å². The van der Waals surface area contributed by atoms with Crippen molar-refractivity contribution in [3.63, 3.8) is 0 Å². The fourth-order valence-corrected chi connectivity index (χ4v) is 2.95. The second kappa shape index (κ2) is 5.67. The predicted molar refractivity (Wildman–Crippen MR) is 85.5 cm³/mol. The molecule has 110 valence electrons. The first-order valence-corrected chi connectivity index (χ1v) is 7.79. The molecule has 2 aromatic rings. The average molecular weight is 399 g/mol. The van der Waals surface area contributed by atoms with Gasteiger partial charge in [0.15, 0.2) is 17.3 Å². The Morgan fingerprint density at radius 2 is 2.05 bits per heavy atom. The molecule has 0 N–H and O–H groups in total. The molecule has 0 saturated heterocycles. The number of ketones is 1. The van der Waals surface area contributed by atoms with Crippen molar-refractivity contribution in [3.05, 3.63) is 29.7 Å². The number of carbonyl (C=O) groups excluding carboxylic acids is 1. The van der Waals surface area contributed by atoms with Crippen molar-refractivity contribution in [1.82, 2.24) is 4.98 Å². The minimum Gasteiger partial charge on any atom is -0.493 e. The summed E-state index contributed by atoms with van der Waals surface area (Å²) in [5.41, 5.74) is 1.23. The third-order valence-electron chi connectivity index (χ3n) is 3.47. The summed E-state index contributed by atoms with van der Waals surface area (Å²) in [6.45, 7) is 0. The summed E-state index contributed by atoms with van der Waals surface area (Å²) in [4.78, 5) is 16.5. The standard InChI is InChI=1S/C15H14INO4/c1-19-10-5-3-8(7-12(10)20-2)15-17-13-11(21-15)6-4-9(16)14(13)18/h3,5,7,9H,4,6H2,1-2H3. The fraction of sp³-hybridized carbons (Fsp3) is 0.333. The van der Waals surface area contributed by atoms with Gasteiger partial charge >= 0.3 is 0 Å². The van der Waals surface area contributed by atoms with Crippen LogP contribution in [0.1, 0.15) is 22.7 Å². The zero-order valence-electron chi connectivity index (χ0n) is 11.7. The number of methoxy groups -OCH3 is 2. The molecule has 0 fully saturated rings. The molecule has 0 bridgehead atoms. The number of hydrogen-bond acceptors (Lipinski definition) is 5. The first-order valence-electron chi connectivity index (χ1n) is 6.54. The van der Waals surface area contributed by atoms with Crippen LogP contribution in [0.5, 0.6) is 11.5 Å². The molecule has 5 nitrogen and oxygen atoms in total. The number of fused-ring (bicyclic) bond motifs is 1. The second-order valence-electron chi connectivity index (χ2n) is 4.73. The Morgan fingerprint density at radius 3 is 2.76 bits per heavy atom. The van der Waals surface area contributed by atoms with E-state index in [-0.39, 0.29) is 9.71 Å². The summed E-state index contributed by atoms with van der Waals surface area (Å²) in [5, 5.41) is 0. The Hall–Kier alpha value is -1.57. The molecule has 21 heavy (non-hydrogen) atoms. The lowest BCUT2D eigenvalue weighted by Gasteiger charge is -2.11. The van der Waals surface area contributed by atoms with Crippen LogP contribution < -0.4 is 9.47 Å². The summed E-state index contributed by atoms with van der Waals surface area (Å²) >= 11 is 2.16. The van der Waals surface area contributed by atoms with E-state index in [4.69, 9.17) is 13.9 Å². The van der Waals surface area contributed by atoms with Crippen molar-refractivity contribution in [2.45, 2.75) is 16.8 Å². The van der Waals surface area contributed by atoms with Crippen molar-refractivity contribution in [3.8, 4) is 23.0 Å². The summed E-state index contributed by atoms with van der Waals surface area (Å²) in [7, 11) is 3.16. The highest BCUT2D eigenvalue weighted by Crippen LogP contribution is 2.34. The zero-order valence-corrected chi connectivity index (χ0v) is 13.8. The van der Waals surface area contributed by atoms with Crippen molar-refractivity contribution in [1.29, 1.82) is 0 Å². The van der Waals surface area contributed by atoms with Gasteiger partial charge < -0.3 is 13.9 Å². The number of Topliss-reactive ketones (excluding diaryl/α,β-unsaturated/α-hetero) is 1. The number of aryl methyl sites for hydroxylation is 1. The van der Waals surface area contributed by atoms with E-state index in [9.17, 15) is 4.79 Å². The van der Waals surface area contributed by atoms with E-state index >= 15 is 0 Å². The minimum absolute atomic E-state index is 0.0153. The average Bonchev–Trinajstić information content (AvgIpc) is 2.95. The Labute approximate surface area is 135 Å². The Morgan fingerprint density at radius 1 is 1.29 bits per heavy atom. The van der Waals surface area contributed by atoms with Crippen LogP contribution in [-0.2, 0) is 6.42 Å². The molecule has 0 aliphatic heterocycles. The van der Waals surface area contributed by atoms with Gasteiger partial charge in [0.05, 0.1) is 18.1 Å². The van der Waals surface area contributed by atoms with Crippen molar-refractivity contribution < 1.29 is 18.7 Å². The zero-order chi connectivity index (χ0) is 15.0. The highest BCUT2D eigenvalue weighted by atomic mass is 127. The number of alkyl halides is 1. The molecule has 1 aromatic heterocycles. The Kier molecular flexibility index (Phi) is 3.88. The number of ether oxygens (including phenoxy) is 2. The van der Waals surface area contributed by atoms with Gasteiger partial charge in [-0.1, -0.05) is 22.6 Å². The van der Waals surface area contributed by atoms with E-state index in [1.807, 2.05) is 6.07 Å². The molecule has 0 saturated carbocycles. The van der Waals surface area contributed by atoms with Crippen molar-refractivity contribution in [2.75, 3.05) is 14.2 Å². The lowest BCUT2D eigenvalue weighted by Crippen LogP contribution is -2.21. The maximum atomic E-state index is 12.1.